The van der Waals surface area contributed by atoms with E-state index >= 15 is 0 Å². The zero-order valence-electron chi connectivity index (χ0n) is 17.5. The highest BCUT2D eigenvalue weighted by Gasteiger charge is 2.10. The summed E-state index contributed by atoms with van der Waals surface area (Å²) < 4.78 is 7.04. The minimum absolute atomic E-state index is 0.00719. The summed E-state index contributed by atoms with van der Waals surface area (Å²) in [6.07, 6.45) is 3.48. The number of benzene rings is 2. The van der Waals surface area contributed by atoms with Crippen LogP contribution in [0.15, 0.2) is 60.0 Å². The molecule has 30 heavy (non-hydrogen) atoms. The van der Waals surface area contributed by atoms with Crippen LogP contribution in [0, 0.1) is 0 Å². The van der Waals surface area contributed by atoms with Crippen LogP contribution < -0.4 is 15.0 Å². The third-order valence-electron chi connectivity index (χ3n) is 4.62. The first-order valence-electron chi connectivity index (χ1n) is 9.77. The largest absolute Gasteiger partial charge is 0.497 e. The topological polar surface area (TPSA) is 72.3 Å². The predicted molar refractivity (Wildman–Crippen MR) is 121 cm³/mol. The number of aryl methyl sites for hydroxylation is 1. The molecule has 0 saturated carbocycles. The fourth-order valence-corrected chi connectivity index (χ4v) is 3.66. The van der Waals surface area contributed by atoms with Crippen LogP contribution in [-0.4, -0.2) is 54.2 Å². The Morgan fingerprint density at radius 3 is 2.53 bits per heavy atom. The second-order valence-electron chi connectivity index (χ2n) is 6.98. The molecule has 0 bridgehead atoms. The van der Waals surface area contributed by atoms with Gasteiger partial charge in [-0.2, -0.15) is 0 Å². The van der Waals surface area contributed by atoms with Gasteiger partial charge in [-0.15, -0.1) is 10.2 Å². The highest BCUT2D eigenvalue weighted by atomic mass is 32.2. The third-order valence-corrected chi connectivity index (χ3v) is 5.56. The summed E-state index contributed by atoms with van der Waals surface area (Å²) in [6, 6.07) is 16.1. The average Bonchev–Trinajstić information content (AvgIpc) is 3.24. The molecule has 8 heteroatoms. The molecule has 0 aliphatic carbocycles. The molecule has 1 heterocycles. The number of ether oxygens (including phenoxy) is 1. The number of thioether (sulfide) groups is 1. The van der Waals surface area contributed by atoms with Crippen molar-refractivity contribution in [1.82, 2.24) is 20.1 Å². The first-order valence-corrected chi connectivity index (χ1v) is 10.8. The Morgan fingerprint density at radius 1 is 1.13 bits per heavy atom. The Morgan fingerprint density at radius 2 is 1.87 bits per heavy atom. The molecule has 0 unspecified atom stereocenters. The summed E-state index contributed by atoms with van der Waals surface area (Å²) in [5.74, 6) is 1.08. The molecule has 2 aromatic carbocycles. The van der Waals surface area contributed by atoms with Crippen LogP contribution in [-0.2, 0) is 11.2 Å². The van der Waals surface area contributed by atoms with Crippen molar-refractivity contribution < 1.29 is 9.53 Å². The normalized spacial score (nSPS) is 10.6. The summed E-state index contributed by atoms with van der Waals surface area (Å²) in [4.78, 5) is 14.3. The number of anilines is 1. The van der Waals surface area contributed by atoms with Gasteiger partial charge in [-0.3, -0.25) is 9.36 Å². The van der Waals surface area contributed by atoms with Crippen molar-refractivity contribution in [3.63, 3.8) is 0 Å². The molecule has 1 N–H and O–H groups in total. The van der Waals surface area contributed by atoms with Crippen LogP contribution in [0.5, 0.6) is 5.75 Å². The van der Waals surface area contributed by atoms with Gasteiger partial charge in [0.15, 0.2) is 5.16 Å². The summed E-state index contributed by atoms with van der Waals surface area (Å²) in [6.45, 7) is 0.653. The van der Waals surface area contributed by atoms with E-state index in [1.165, 1.54) is 23.0 Å². The van der Waals surface area contributed by atoms with E-state index in [0.29, 0.717) is 17.5 Å². The summed E-state index contributed by atoms with van der Waals surface area (Å²) in [7, 11) is 5.69. The van der Waals surface area contributed by atoms with Crippen LogP contribution in [0.3, 0.4) is 0 Å². The standard InChI is InChI=1S/C22H27N5O2S/c1-26(2)18-8-6-17(7-9-18)5-4-14-23-21(28)15-30-22-25-24-16-27(22)19-10-12-20(29-3)13-11-19/h6-13,16H,4-5,14-15H2,1-3H3,(H,23,28). The Balaban J connectivity index is 1.41. The number of methoxy groups -OCH3 is 1. The highest BCUT2D eigenvalue weighted by molar-refractivity contribution is 7.99. The zero-order valence-corrected chi connectivity index (χ0v) is 18.4. The molecule has 3 rings (SSSR count). The van der Waals surface area contributed by atoms with Gasteiger partial charge < -0.3 is 15.0 Å². The van der Waals surface area contributed by atoms with E-state index in [1.807, 2.05) is 42.9 Å². The van der Waals surface area contributed by atoms with E-state index in [0.717, 1.165) is 24.3 Å². The first kappa shape index (κ1) is 21.7. The molecule has 0 fully saturated rings. The second kappa shape index (κ2) is 10.7. The molecular formula is C22H27N5O2S. The monoisotopic (exact) mass is 425 g/mol. The molecule has 7 nitrogen and oxygen atoms in total. The first-order chi connectivity index (χ1) is 14.6. The van der Waals surface area contributed by atoms with Crippen LogP contribution >= 0.6 is 11.8 Å². The number of aromatic nitrogens is 3. The van der Waals surface area contributed by atoms with Crippen molar-refractivity contribution in [3.05, 3.63) is 60.4 Å². The number of carbonyl (C=O) groups is 1. The van der Waals surface area contributed by atoms with Crippen molar-refractivity contribution in [2.24, 2.45) is 0 Å². The molecule has 0 saturated heterocycles. The smallest absolute Gasteiger partial charge is 0.230 e. The molecule has 1 amide bonds. The van der Waals surface area contributed by atoms with E-state index in [-0.39, 0.29) is 5.91 Å². The van der Waals surface area contributed by atoms with Gasteiger partial charge in [0.25, 0.3) is 0 Å². The number of hydrogen-bond acceptors (Lipinski definition) is 6. The summed E-state index contributed by atoms with van der Waals surface area (Å²) >= 11 is 1.37. The molecule has 0 aliphatic rings. The van der Waals surface area contributed by atoms with Crippen LogP contribution in [0.2, 0.25) is 0 Å². The molecule has 0 spiro atoms. The van der Waals surface area contributed by atoms with E-state index in [1.54, 1.807) is 13.4 Å². The van der Waals surface area contributed by atoms with Gasteiger partial charge in [-0.25, -0.2) is 0 Å². The van der Waals surface area contributed by atoms with E-state index < -0.39 is 0 Å². The number of rotatable bonds is 10. The van der Waals surface area contributed by atoms with Gasteiger partial charge in [-0.1, -0.05) is 23.9 Å². The molecule has 158 valence electrons. The van der Waals surface area contributed by atoms with Gasteiger partial charge in [0, 0.05) is 32.0 Å². The van der Waals surface area contributed by atoms with Gasteiger partial charge in [0.1, 0.15) is 12.1 Å². The van der Waals surface area contributed by atoms with Crippen molar-refractivity contribution >= 4 is 23.4 Å². The average molecular weight is 426 g/mol. The van der Waals surface area contributed by atoms with Crippen molar-refractivity contribution in [2.75, 3.05) is 38.4 Å². The van der Waals surface area contributed by atoms with Crippen LogP contribution in [0.25, 0.3) is 5.69 Å². The lowest BCUT2D eigenvalue weighted by Crippen LogP contribution is -2.26. The van der Waals surface area contributed by atoms with E-state index in [9.17, 15) is 4.79 Å². The molecule has 0 radical (unpaired) electrons. The fraction of sp³-hybridized carbons (Fsp3) is 0.318. The maximum atomic E-state index is 12.2. The van der Waals surface area contributed by atoms with Gasteiger partial charge in [-0.05, 0) is 54.8 Å². The lowest BCUT2D eigenvalue weighted by atomic mass is 10.1. The molecule has 1 aromatic heterocycles. The minimum Gasteiger partial charge on any atom is -0.497 e. The maximum absolute atomic E-state index is 12.2. The Hall–Kier alpha value is -3.00. The van der Waals surface area contributed by atoms with Crippen LogP contribution in [0.1, 0.15) is 12.0 Å². The summed E-state index contributed by atoms with van der Waals surface area (Å²) in [5, 5.41) is 11.7. The lowest BCUT2D eigenvalue weighted by Gasteiger charge is -2.12. The van der Waals surface area contributed by atoms with Crippen LogP contribution in [0.4, 0.5) is 5.69 Å². The Labute approximate surface area is 181 Å². The van der Waals surface area contributed by atoms with E-state index in [4.69, 9.17) is 4.74 Å². The SMILES string of the molecule is COc1ccc(-n2cnnc2SCC(=O)NCCCc2ccc(N(C)C)cc2)cc1. The quantitative estimate of drug-likeness (QED) is 0.397. The maximum Gasteiger partial charge on any atom is 0.230 e. The fourth-order valence-electron chi connectivity index (χ4n) is 2.90. The van der Waals surface area contributed by atoms with Crippen molar-refractivity contribution in [3.8, 4) is 11.4 Å². The van der Waals surface area contributed by atoms with Gasteiger partial charge >= 0.3 is 0 Å². The van der Waals surface area contributed by atoms with Crippen molar-refractivity contribution in [2.45, 2.75) is 18.0 Å². The number of nitrogens with one attached hydrogen (secondary N) is 1. The summed E-state index contributed by atoms with van der Waals surface area (Å²) in [5.41, 5.74) is 3.38. The minimum atomic E-state index is -0.00719. The van der Waals surface area contributed by atoms with Crippen molar-refractivity contribution in [1.29, 1.82) is 0 Å². The number of amides is 1. The predicted octanol–water partition coefficient (Wildman–Crippen LogP) is 3.18. The molecule has 3 aromatic rings. The molecule has 0 aliphatic heterocycles. The third kappa shape index (κ3) is 6.00. The lowest BCUT2D eigenvalue weighted by molar-refractivity contribution is -0.118. The number of hydrogen-bond donors (Lipinski definition) is 1. The Bertz CT molecular complexity index is 939. The van der Waals surface area contributed by atoms with Gasteiger partial charge in [0.05, 0.1) is 12.9 Å². The molecular weight excluding hydrogens is 398 g/mol. The Kier molecular flexibility index (Phi) is 7.73. The second-order valence-corrected chi connectivity index (χ2v) is 7.93. The number of carbonyl (C=O) groups excluding carboxylic acids is 1. The molecule has 0 atom stereocenters. The van der Waals surface area contributed by atoms with Gasteiger partial charge in [0.2, 0.25) is 5.91 Å². The number of nitrogens with zero attached hydrogens (tertiary/aromatic N) is 4. The highest BCUT2D eigenvalue weighted by Crippen LogP contribution is 2.21. The zero-order chi connectivity index (χ0) is 21.3. The van der Waals surface area contributed by atoms with E-state index in [2.05, 4.69) is 44.7 Å².